The van der Waals surface area contributed by atoms with Crippen molar-refractivity contribution in [3.05, 3.63) is 66.1 Å². The van der Waals surface area contributed by atoms with E-state index in [4.69, 9.17) is 10.5 Å². The minimum atomic E-state index is -0.432. The van der Waals surface area contributed by atoms with Gasteiger partial charge in [0.1, 0.15) is 5.75 Å². The number of halogens is 1. The molecule has 3 rings (SSSR count). The molecule has 21 heavy (non-hydrogen) atoms. The van der Waals surface area contributed by atoms with Gasteiger partial charge in [0, 0.05) is 17.0 Å². The summed E-state index contributed by atoms with van der Waals surface area (Å²) in [5.41, 5.74) is 7.36. The van der Waals surface area contributed by atoms with E-state index in [-0.39, 0.29) is 11.8 Å². The Morgan fingerprint density at radius 2 is 1.95 bits per heavy atom. The molecule has 2 N–H and O–H groups in total. The van der Waals surface area contributed by atoms with Gasteiger partial charge in [-0.1, -0.05) is 30.3 Å². The van der Waals surface area contributed by atoms with Crippen LogP contribution in [-0.2, 0) is 0 Å². The van der Waals surface area contributed by atoms with Crippen molar-refractivity contribution >= 4 is 10.9 Å². The summed E-state index contributed by atoms with van der Waals surface area (Å²) in [6.45, 7) is 1.79. The zero-order valence-corrected chi connectivity index (χ0v) is 11.6. The molecule has 0 radical (unpaired) electrons. The zero-order chi connectivity index (χ0) is 14.8. The van der Waals surface area contributed by atoms with Gasteiger partial charge >= 0.3 is 0 Å². The standard InChI is InChI=1S/C17H15FN2O/c1-11(19)14-6-4-7-15(18)17(14)21-13-9-12-5-2-3-8-16(12)20-10-13/h2-11H,19H2,1H3/t11-/m0/s1. The molecule has 106 valence electrons. The molecule has 0 saturated heterocycles. The van der Waals surface area contributed by atoms with Crippen LogP contribution in [0.5, 0.6) is 11.5 Å². The molecule has 1 aromatic heterocycles. The number of hydrogen-bond donors (Lipinski definition) is 1. The van der Waals surface area contributed by atoms with Crippen LogP contribution in [0.3, 0.4) is 0 Å². The number of nitrogens with zero attached hydrogens (tertiary/aromatic N) is 1. The van der Waals surface area contributed by atoms with Crippen LogP contribution in [0, 0.1) is 5.82 Å². The molecule has 3 aromatic rings. The van der Waals surface area contributed by atoms with Gasteiger partial charge in [0.05, 0.1) is 11.7 Å². The van der Waals surface area contributed by atoms with Crippen molar-refractivity contribution in [3.8, 4) is 11.5 Å². The fraction of sp³-hybridized carbons (Fsp3) is 0.118. The summed E-state index contributed by atoms with van der Waals surface area (Å²) in [6, 6.07) is 13.9. The monoisotopic (exact) mass is 282 g/mol. The second kappa shape index (κ2) is 5.50. The van der Waals surface area contributed by atoms with Crippen LogP contribution in [0.1, 0.15) is 18.5 Å². The van der Waals surface area contributed by atoms with Crippen LogP contribution < -0.4 is 10.5 Å². The quantitative estimate of drug-likeness (QED) is 0.783. The highest BCUT2D eigenvalue weighted by Gasteiger charge is 2.14. The van der Waals surface area contributed by atoms with E-state index < -0.39 is 5.82 Å². The van der Waals surface area contributed by atoms with Crippen LogP contribution in [0.25, 0.3) is 10.9 Å². The molecule has 0 fully saturated rings. The van der Waals surface area contributed by atoms with Gasteiger partial charge in [-0.3, -0.25) is 4.98 Å². The van der Waals surface area contributed by atoms with Crippen molar-refractivity contribution in [2.75, 3.05) is 0 Å². The molecule has 0 saturated carbocycles. The minimum Gasteiger partial charge on any atom is -0.452 e. The van der Waals surface area contributed by atoms with E-state index in [1.165, 1.54) is 6.07 Å². The van der Waals surface area contributed by atoms with Gasteiger partial charge in [-0.2, -0.15) is 0 Å². The van der Waals surface area contributed by atoms with Crippen LogP contribution in [0.15, 0.2) is 54.7 Å². The second-order valence-corrected chi connectivity index (χ2v) is 4.91. The first-order valence-corrected chi connectivity index (χ1v) is 6.72. The van der Waals surface area contributed by atoms with E-state index >= 15 is 0 Å². The molecule has 4 heteroatoms. The van der Waals surface area contributed by atoms with Gasteiger partial charge in [0.15, 0.2) is 11.6 Å². The summed E-state index contributed by atoms with van der Waals surface area (Å²) in [6.07, 6.45) is 1.58. The lowest BCUT2D eigenvalue weighted by Gasteiger charge is -2.14. The molecule has 1 atom stereocenters. The number of aromatic nitrogens is 1. The molecule has 0 aliphatic rings. The Balaban J connectivity index is 2.02. The van der Waals surface area contributed by atoms with Crippen LogP contribution >= 0.6 is 0 Å². The van der Waals surface area contributed by atoms with Gasteiger partial charge in [-0.05, 0) is 25.1 Å². The lowest BCUT2D eigenvalue weighted by molar-refractivity contribution is 0.432. The number of para-hydroxylation sites is 2. The topological polar surface area (TPSA) is 48.1 Å². The number of nitrogens with two attached hydrogens (primary N) is 1. The molecule has 1 heterocycles. The molecule has 0 unspecified atom stereocenters. The van der Waals surface area contributed by atoms with E-state index in [0.717, 1.165) is 10.9 Å². The van der Waals surface area contributed by atoms with Crippen molar-refractivity contribution in [1.82, 2.24) is 4.98 Å². The average molecular weight is 282 g/mol. The average Bonchev–Trinajstić information content (AvgIpc) is 2.49. The fourth-order valence-electron chi connectivity index (χ4n) is 2.22. The molecule has 2 aromatic carbocycles. The maximum Gasteiger partial charge on any atom is 0.167 e. The number of pyridine rings is 1. The number of hydrogen-bond acceptors (Lipinski definition) is 3. The maximum atomic E-state index is 14.0. The molecule has 0 amide bonds. The maximum absolute atomic E-state index is 14.0. The number of rotatable bonds is 3. The van der Waals surface area contributed by atoms with Gasteiger partial charge in [-0.25, -0.2) is 4.39 Å². The molecule has 0 aliphatic heterocycles. The zero-order valence-electron chi connectivity index (χ0n) is 11.6. The lowest BCUT2D eigenvalue weighted by Crippen LogP contribution is -2.07. The Kier molecular flexibility index (Phi) is 3.54. The van der Waals surface area contributed by atoms with Gasteiger partial charge < -0.3 is 10.5 Å². The molecular weight excluding hydrogens is 267 g/mol. The Bertz CT molecular complexity index is 787. The van der Waals surface area contributed by atoms with E-state index in [1.54, 1.807) is 25.3 Å². The first-order chi connectivity index (χ1) is 10.1. The predicted molar refractivity (Wildman–Crippen MR) is 80.8 cm³/mol. The van der Waals surface area contributed by atoms with Gasteiger partial charge in [0.25, 0.3) is 0 Å². The highest BCUT2D eigenvalue weighted by atomic mass is 19.1. The Hall–Kier alpha value is -2.46. The lowest BCUT2D eigenvalue weighted by atomic mass is 10.1. The summed E-state index contributed by atoms with van der Waals surface area (Å²) >= 11 is 0. The predicted octanol–water partition coefficient (Wildman–Crippen LogP) is 4.19. The van der Waals surface area contributed by atoms with Crippen molar-refractivity contribution in [2.24, 2.45) is 5.73 Å². The van der Waals surface area contributed by atoms with Crippen molar-refractivity contribution in [1.29, 1.82) is 0 Å². The number of benzene rings is 2. The van der Waals surface area contributed by atoms with Crippen LogP contribution in [0.4, 0.5) is 4.39 Å². The van der Waals surface area contributed by atoms with Gasteiger partial charge in [-0.15, -0.1) is 0 Å². The minimum absolute atomic E-state index is 0.157. The largest absolute Gasteiger partial charge is 0.452 e. The van der Waals surface area contributed by atoms with Crippen LogP contribution in [-0.4, -0.2) is 4.98 Å². The smallest absolute Gasteiger partial charge is 0.167 e. The third kappa shape index (κ3) is 2.71. The van der Waals surface area contributed by atoms with E-state index in [2.05, 4.69) is 4.98 Å². The van der Waals surface area contributed by atoms with Gasteiger partial charge in [0.2, 0.25) is 0 Å². The molecule has 3 nitrogen and oxygen atoms in total. The third-order valence-electron chi connectivity index (χ3n) is 3.27. The summed E-state index contributed by atoms with van der Waals surface area (Å²) < 4.78 is 19.7. The number of ether oxygens (including phenoxy) is 1. The number of fused-ring (bicyclic) bond motifs is 1. The highest BCUT2D eigenvalue weighted by Crippen LogP contribution is 2.32. The Morgan fingerprint density at radius 1 is 1.14 bits per heavy atom. The van der Waals surface area contributed by atoms with E-state index in [1.807, 2.05) is 30.3 Å². The Labute approximate surface area is 122 Å². The summed E-state index contributed by atoms with van der Waals surface area (Å²) in [7, 11) is 0. The summed E-state index contributed by atoms with van der Waals surface area (Å²) in [5.74, 6) is 0.211. The van der Waals surface area contributed by atoms with Crippen molar-refractivity contribution in [3.63, 3.8) is 0 Å². The summed E-state index contributed by atoms with van der Waals surface area (Å²) in [4.78, 5) is 4.30. The third-order valence-corrected chi connectivity index (χ3v) is 3.27. The Morgan fingerprint density at radius 3 is 2.76 bits per heavy atom. The fourth-order valence-corrected chi connectivity index (χ4v) is 2.22. The molecule has 0 aliphatic carbocycles. The second-order valence-electron chi connectivity index (χ2n) is 4.91. The highest BCUT2D eigenvalue weighted by molar-refractivity contribution is 5.79. The SMILES string of the molecule is C[C@H](N)c1cccc(F)c1Oc1cnc2ccccc2c1. The first-order valence-electron chi connectivity index (χ1n) is 6.72. The molecule has 0 spiro atoms. The summed E-state index contributed by atoms with van der Waals surface area (Å²) in [5, 5.41) is 0.939. The van der Waals surface area contributed by atoms with Crippen LogP contribution in [0.2, 0.25) is 0 Å². The molecule has 0 bridgehead atoms. The van der Waals surface area contributed by atoms with E-state index in [9.17, 15) is 4.39 Å². The van der Waals surface area contributed by atoms with Crippen molar-refractivity contribution in [2.45, 2.75) is 13.0 Å². The first kappa shape index (κ1) is 13.5. The van der Waals surface area contributed by atoms with E-state index in [0.29, 0.717) is 11.3 Å². The van der Waals surface area contributed by atoms with Crippen molar-refractivity contribution < 1.29 is 9.13 Å². The molecular formula is C17H15FN2O. The normalized spacial score (nSPS) is 12.3.